The van der Waals surface area contributed by atoms with Crippen LogP contribution < -0.4 is 4.90 Å². The van der Waals surface area contributed by atoms with E-state index < -0.39 is 11.9 Å². The van der Waals surface area contributed by atoms with Crippen LogP contribution in [0.15, 0.2) is 36.8 Å². The maximum Gasteiger partial charge on any atom is 0.433 e. The predicted octanol–water partition coefficient (Wildman–Crippen LogP) is 3.87. The van der Waals surface area contributed by atoms with Crippen LogP contribution >= 0.6 is 0 Å². The Balaban J connectivity index is 1.48. The topological polar surface area (TPSA) is 72.6 Å². The summed E-state index contributed by atoms with van der Waals surface area (Å²) in [7, 11) is 0. The molecule has 1 atom stereocenters. The van der Waals surface area contributed by atoms with Crippen LogP contribution in [0, 0.1) is 0 Å². The molecule has 1 unspecified atom stereocenters. The van der Waals surface area contributed by atoms with Crippen molar-refractivity contribution >= 4 is 5.82 Å². The molecule has 0 bridgehead atoms. The van der Waals surface area contributed by atoms with Gasteiger partial charge in [-0.3, -0.25) is 4.98 Å². The van der Waals surface area contributed by atoms with Crippen LogP contribution in [0.5, 0.6) is 0 Å². The Morgan fingerprint density at radius 2 is 1.93 bits per heavy atom. The number of hydrogen-bond donors (Lipinski definition) is 0. The third kappa shape index (κ3) is 3.73. The lowest BCUT2D eigenvalue weighted by molar-refractivity contribution is -0.141. The van der Waals surface area contributed by atoms with Gasteiger partial charge < -0.3 is 9.47 Å². The first-order valence-electron chi connectivity index (χ1n) is 10.0. The summed E-state index contributed by atoms with van der Waals surface area (Å²) in [5.74, 6) is 1.26. The van der Waals surface area contributed by atoms with E-state index in [0.29, 0.717) is 24.8 Å². The minimum absolute atomic E-state index is 0.0244. The zero-order chi connectivity index (χ0) is 20.7. The van der Waals surface area contributed by atoms with E-state index in [2.05, 4.69) is 29.7 Å². The van der Waals surface area contributed by atoms with Crippen molar-refractivity contribution in [2.75, 3.05) is 18.0 Å². The average molecular weight is 415 g/mol. The number of piperidine rings is 1. The van der Waals surface area contributed by atoms with Gasteiger partial charge in [0.1, 0.15) is 23.7 Å². The first-order valence-corrected chi connectivity index (χ1v) is 10.0. The van der Waals surface area contributed by atoms with Gasteiger partial charge in [-0.25, -0.2) is 9.97 Å². The van der Waals surface area contributed by atoms with Gasteiger partial charge in [0, 0.05) is 37.3 Å². The highest BCUT2D eigenvalue weighted by atomic mass is 19.4. The van der Waals surface area contributed by atoms with E-state index in [1.165, 1.54) is 6.20 Å². The Morgan fingerprint density at radius 1 is 1.07 bits per heavy atom. The van der Waals surface area contributed by atoms with Gasteiger partial charge in [-0.15, -0.1) is 10.2 Å². The van der Waals surface area contributed by atoms with Gasteiger partial charge in [-0.2, -0.15) is 13.2 Å². The molecule has 0 spiro atoms. The molecule has 1 aliphatic heterocycles. The summed E-state index contributed by atoms with van der Waals surface area (Å²) in [4.78, 5) is 14.2. The van der Waals surface area contributed by atoms with Crippen molar-refractivity contribution in [1.29, 1.82) is 0 Å². The van der Waals surface area contributed by atoms with Gasteiger partial charge >= 0.3 is 6.18 Å². The SMILES string of the molecule is FC(F)(F)c1cc(N2CCCC(c3nncn3C3CC3)C2)nc(-c2ccccn2)n1. The van der Waals surface area contributed by atoms with Gasteiger partial charge in [0.15, 0.2) is 11.5 Å². The summed E-state index contributed by atoms with van der Waals surface area (Å²) in [6.07, 6.45) is 2.71. The third-order valence-electron chi connectivity index (χ3n) is 5.55. The summed E-state index contributed by atoms with van der Waals surface area (Å²) in [5, 5.41) is 8.38. The highest BCUT2D eigenvalue weighted by Crippen LogP contribution is 2.39. The van der Waals surface area contributed by atoms with Crippen LogP contribution in [0.4, 0.5) is 19.0 Å². The molecule has 1 aliphatic carbocycles. The summed E-state index contributed by atoms with van der Waals surface area (Å²) >= 11 is 0. The Hall–Kier alpha value is -3.04. The number of rotatable bonds is 4. The van der Waals surface area contributed by atoms with Crippen LogP contribution in [0.25, 0.3) is 11.5 Å². The molecule has 0 amide bonds. The average Bonchev–Trinajstić information content (AvgIpc) is 3.49. The fourth-order valence-corrected chi connectivity index (χ4v) is 3.93. The molecule has 3 aromatic heterocycles. The van der Waals surface area contributed by atoms with Crippen molar-refractivity contribution in [2.45, 2.75) is 43.8 Å². The molecule has 10 heteroatoms. The van der Waals surface area contributed by atoms with Gasteiger partial charge in [0.2, 0.25) is 0 Å². The first-order chi connectivity index (χ1) is 14.5. The zero-order valence-corrected chi connectivity index (χ0v) is 16.1. The first kappa shape index (κ1) is 19.0. The minimum atomic E-state index is -4.57. The molecule has 0 N–H and O–H groups in total. The smallest absolute Gasteiger partial charge is 0.356 e. The number of aromatic nitrogens is 6. The van der Waals surface area contributed by atoms with Crippen molar-refractivity contribution in [2.24, 2.45) is 0 Å². The molecule has 3 aromatic rings. The lowest BCUT2D eigenvalue weighted by atomic mass is 9.97. The number of pyridine rings is 1. The Labute approximate surface area is 171 Å². The quantitative estimate of drug-likeness (QED) is 0.644. The molecule has 2 fully saturated rings. The number of hydrogen-bond acceptors (Lipinski definition) is 6. The number of nitrogens with zero attached hydrogens (tertiary/aromatic N) is 7. The zero-order valence-electron chi connectivity index (χ0n) is 16.1. The van der Waals surface area contributed by atoms with Gasteiger partial charge in [0.05, 0.1) is 0 Å². The van der Waals surface area contributed by atoms with Crippen molar-refractivity contribution in [3.63, 3.8) is 0 Å². The molecular weight excluding hydrogens is 395 g/mol. The van der Waals surface area contributed by atoms with E-state index in [1.807, 2.05) is 4.90 Å². The second-order valence-corrected chi connectivity index (χ2v) is 7.76. The van der Waals surface area contributed by atoms with Crippen LogP contribution in [0.3, 0.4) is 0 Å². The highest BCUT2D eigenvalue weighted by Gasteiger charge is 2.36. The highest BCUT2D eigenvalue weighted by molar-refractivity contribution is 5.54. The number of anilines is 1. The number of halogens is 3. The van der Waals surface area contributed by atoms with Crippen molar-refractivity contribution in [3.8, 4) is 11.5 Å². The van der Waals surface area contributed by atoms with Crippen LogP contribution in [-0.2, 0) is 6.18 Å². The second-order valence-electron chi connectivity index (χ2n) is 7.76. The van der Waals surface area contributed by atoms with E-state index in [1.54, 1.807) is 24.5 Å². The molecule has 7 nitrogen and oxygen atoms in total. The fourth-order valence-electron chi connectivity index (χ4n) is 3.93. The Bertz CT molecular complexity index is 1030. The molecular formula is C20H20F3N7. The summed E-state index contributed by atoms with van der Waals surface area (Å²) < 4.78 is 42.7. The molecule has 2 aliphatic rings. The summed E-state index contributed by atoms with van der Waals surface area (Å²) in [5.41, 5.74) is -0.650. The number of alkyl halides is 3. The van der Waals surface area contributed by atoms with Crippen molar-refractivity contribution in [3.05, 3.63) is 48.3 Å². The molecule has 30 heavy (non-hydrogen) atoms. The third-order valence-corrected chi connectivity index (χ3v) is 5.55. The Morgan fingerprint density at radius 3 is 2.67 bits per heavy atom. The lowest BCUT2D eigenvalue weighted by Gasteiger charge is -2.33. The van der Waals surface area contributed by atoms with E-state index in [4.69, 9.17) is 0 Å². The van der Waals surface area contributed by atoms with Crippen molar-refractivity contribution in [1.82, 2.24) is 29.7 Å². The van der Waals surface area contributed by atoms with Crippen LogP contribution in [0.2, 0.25) is 0 Å². The standard InChI is InChI=1S/C20H20F3N7/c21-20(22,23)16-10-17(27-18(26-16)15-5-1-2-8-24-15)29-9-3-4-13(11-29)19-28-25-12-30(19)14-6-7-14/h1-2,5,8,10,12-14H,3-4,6-7,9,11H2. The normalized spacial score (nSPS) is 19.8. The largest absolute Gasteiger partial charge is 0.433 e. The van der Waals surface area contributed by atoms with E-state index in [-0.39, 0.29) is 17.6 Å². The van der Waals surface area contributed by atoms with Crippen LogP contribution in [-0.4, -0.2) is 42.8 Å². The maximum atomic E-state index is 13.5. The molecule has 0 aromatic carbocycles. The molecule has 4 heterocycles. The Kier molecular flexibility index (Phi) is 4.63. The second kappa shape index (κ2) is 7.33. The van der Waals surface area contributed by atoms with Gasteiger partial charge in [0.25, 0.3) is 0 Å². The summed E-state index contributed by atoms with van der Waals surface area (Å²) in [6, 6.07) is 6.49. The van der Waals surface area contributed by atoms with E-state index in [0.717, 1.165) is 37.6 Å². The van der Waals surface area contributed by atoms with E-state index in [9.17, 15) is 13.2 Å². The lowest BCUT2D eigenvalue weighted by Crippen LogP contribution is -2.36. The molecule has 156 valence electrons. The minimum Gasteiger partial charge on any atom is -0.356 e. The van der Waals surface area contributed by atoms with Gasteiger partial charge in [-0.05, 0) is 37.8 Å². The fraction of sp³-hybridized carbons (Fsp3) is 0.450. The molecule has 1 saturated carbocycles. The monoisotopic (exact) mass is 415 g/mol. The molecule has 0 radical (unpaired) electrons. The maximum absolute atomic E-state index is 13.5. The molecule has 5 rings (SSSR count). The predicted molar refractivity (Wildman–Crippen MR) is 103 cm³/mol. The van der Waals surface area contributed by atoms with Crippen LogP contribution in [0.1, 0.15) is 49.2 Å². The molecule has 1 saturated heterocycles. The van der Waals surface area contributed by atoms with Gasteiger partial charge in [-0.1, -0.05) is 6.07 Å². The van der Waals surface area contributed by atoms with Crippen molar-refractivity contribution < 1.29 is 13.2 Å². The summed E-state index contributed by atoms with van der Waals surface area (Å²) in [6.45, 7) is 1.17. The van der Waals surface area contributed by atoms with E-state index >= 15 is 0 Å².